The van der Waals surface area contributed by atoms with Gasteiger partial charge >= 0.3 is 6.09 Å². The van der Waals surface area contributed by atoms with Crippen LogP contribution in [0.25, 0.3) is 10.8 Å². The fourth-order valence-electron chi connectivity index (χ4n) is 3.96. The highest BCUT2D eigenvalue weighted by Gasteiger charge is 2.27. The summed E-state index contributed by atoms with van der Waals surface area (Å²) in [5.74, 6) is -2.84. The molecule has 37 heavy (non-hydrogen) atoms. The molecule has 0 aliphatic heterocycles. The fourth-order valence-corrected chi connectivity index (χ4v) is 3.96. The highest BCUT2D eigenvalue weighted by atomic mass is 19.1. The van der Waals surface area contributed by atoms with E-state index >= 15 is 8.78 Å². The van der Waals surface area contributed by atoms with Crippen LogP contribution in [0.15, 0.2) is 66.9 Å². The van der Waals surface area contributed by atoms with Crippen molar-refractivity contribution in [2.75, 3.05) is 13.2 Å². The van der Waals surface area contributed by atoms with E-state index in [-0.39, 0.29) is 36.5 Å². The zero-order valence-electron chi connectivity index (χ0n) is 20.0. The van der Waals surface area contributed by atoms with Crippen molar-refractivity contribution in [1.82, 2.24) is 4.98 Å². The summed E-state index contributed by atoms with van der Waals surface area (Å²) in [6.45, 7) is 1.90. The van der Waals surface area contributed by atoms with E-state index in [9.17, 15) is 9.59 Å². The van der Waals surface area contributed by atoms with E-state index in [1.54, 1.807) is 49.4 Å². The van der Waals surface area contributed by atoms with Crippen LogP contribution in [0.4, 0.5) is 13.6 Å². The SMILES string of the molecule is CCOc1nccc2c(C(=O)c3c(F)cc(OCc4ccccc4)c(CCOC(N)=O)c3F)cccc12. The predicted octanol–water partition coefficient (Wildman–Crippen LogP) is 5.36. The third-order valence-electron chi connectivity index (χ3n) is 5.63. The lowest BCUT2D eigenvalue weighted by atomic mass is 9.95. The van der Waals surface area contributed by atoms with E-state index in [0.29, 0.717) is 23.3 Å². The van der Waals surface area contributed by atoms with Crippen LogP contribution in [0.5, 0.6) is 11.6 Å². The molecule has 0 spiro atoms. The zero-order chi connectivity index (χ0) is 26.4. The summed E-state index contributed by atoms with van der Waals surface area (Å²) in [4.78, 5) is 28.7. The number of rotatable bonds is 10. The van der Waals surface area contributed by atoms with Crippen molar-refractivity contribution in [2.45, 2.75) is 20.0 Å². The monoisotopic (exact) mass is 506 g/mol. The molecule has 0 radical (unpaired) electrons. The van der Waals surface area contributed by atoms with Gasteiger partial charge in [-0.1, -0.05) is 42.5 Å². The van der Waals surface area contributed by atoms with Gasteiger partial charge in [-0.25, -0.2) is 18.6 Å². The number of fused-ring (bicyclic) bond motifs is 1. The first kappa shape index (κ1) is 25.6. The maximum absolute atomic E-state index is 15.8. The Kier molecular flexibility index (Phi) is 7.92. The summed E-state index contributed by atoms with van der Waals surface area (Å²) in [6, 6.07) is 16.4. The van der Waals surface area contributed by atoms with Gasteiger partial charge < -0.3 is 19.9 Å². The third-order valence-corrected chi connectivity index (χ3v) is 5.63. The molecule has 0 atom stereocenters. The molecule has 7 nitrogen and oxygen atoms in total. The molecule has 0 aliphatic rings. The van der Waals surface area contributed by atoms with Crippen molar-refractivity contribution in [3.05, 3.63) is 101 Å². The van der Waals surface area contributed by atoms with E-state index in [4.69, 9.17) is 19.9 Å². The van der Waals surface area contributed by atoms with Crippen molar-refractivity contribution < 1.29 is 32.6 Å². The van der Waals surface area contributed by atoms with Crippen molar-refractivity contribution in [1.29, 1.82) is 0 Å². The number of aromatic nitrogens is 1. The highest BCUT2D eigenvalue weighted by Crippen LogP contribution is 2.33. The van der Waals surface area contributed by atoms with Gasteiger partial charge in [0.05, 0.1) is 18.8 Å². The second-order valence-corrected chi connectivity index (χ2v) is 7.99. The van der Waals surface area contributed by atoms with Crippen molar-refractivity contribution >= 4 is 22.6 Å². The number of hydrogen-bond donors (Lipinski definition) is 1. The van der Waals surface area contributed by atoms with Gasteiger partial charge in [0.15, 0.2) is 5.78 Å². The van der Waals surface area contributed by atoms with E-state index < -0.39 is 29.1 Å². The normalized spacial score (nSPS) is 10.8. The van der Waals surface area contributed by atoms with Gasteiger partial charge in [0.1, 0.15) is 24.0 Å². The molecule has 3 aromatic carbocycles. The number of carbonyl (C=O) groups is 2. The molecule has 1 heterocycles. The van der Waals surface area contributed by atoms with Crippen molar-refractivity contribution in [2.24, 2.45) is 5.73 Å². The first-order chi connectivity index (χ1) is 17.9. The Labute approximate surface area is 211 Å². The summed E-state index contributed by atoms with van der Waals surface area (Å²) in [5, 5.41) is 0.974. The molecule has 2 N–H and O–H groups in total. The lowest BCUT2D eigenvalue weighted by Crippen LogP contribution is -2.17. The topological polar surface area (TPSA) is 101 Å². The van der Waals surface area contributed by atoms with Crippen LogP contribution in [0.2, 0.25) is 0 Å². The molecule has 0 saturated carbocycles. The molecule has 4 rings (SSSR count). The maximum atomic E-state index is 15.8. The standard InChI is InChI=1S/C28H24F2N2O5/c1-2-35-27-20-10-6-9-19(18(20)11-13-32-27)26(33)24-22(29)15-23(37-16-17-7-4-3-5-8-17)21(25(24)30)12-14-36-28(31)34/h3-11,13,15H,2,12,14,16H2,1H3,(H2,31,34). The van der Waals surface area contributed by atoms with Crippen LogP contribution in [0, 0.1) is 11.6 Å². The number of nitrogens with zero attached hydrogens (tertiary/aromatic N) is 1. The average molecular weight is 507 g/mol. The smallest absolute Gasteiger partial charge is 0.404 e. The Morgan fingerprint density at radius 1 is 0.973 bits per heavy atom. The van der Waals surface area contributed by atoms with Crippen LogP contribution < -0.4 is 15.2 Å². The number of ketones is 1. The molecule has 0 saturated heterocycles. The molecule has 0 aliphatic carbocycles. The Balaban J connectivity index is 1.76. The number of benzene rings is 3. The molecule has 190 valence electrons. The van der Waals surface area contributed by atoms with E-state index in [0.717, 1.165) is 11.6 Å². The molecule has 0 bridgehead atoms. The summed E-state index contributed by atoms with van der Waals surface area (Å²) in [5.41, 5.74) is 5.01. The Hall–Kier alpha value is -4.53. The number of pyridine rings is 1. The number of carbonyl (C=O) groups excluding carboxylic acids is 2. The second-order valence-electron chi connectivity index (χ2n) is 7.99. The Morgan fingerprint density at radius 3 is 2.49 bits per heavy atom. The summed E-state index contributed by atoms with van der Waals surface area (Å²) in [7, 11) is 0. The minimum Gasteiger partial charge on any atom is -0.488 e. The second kappa shape index (κ2) is 11.5. The molecular formula is C28H24F2N2O5. The lowest BCUT2D eigenvalue weighted by Gasteiger charge is -2.16. The van der Waals surface area contributed by atoms with Crippen LogP contribution in [0.1, 0.15) is 34.0 Å². The van der Waals surface area contributed by atoms with Crippen LogP contribution in [0.3, 0.4) is 0 Å². The molecule has 4 aromatic rings. The fraction of sp³-hybridized carbons (Fsp3) is 0.179. The number of nitrogens with two attached hydrogens (primary N) is 1. The van der Waals surface area contributed by atoms with Gasteiger partial charge in [0.25, 0.3) is 0 Å². The van der Waals surface area contributed by atoms with Gasteiger partial charge in [-0.05, 0) is 30.0 Å². The molecular weight excluding hydrogens is 482 g/mol. The highest BCUT2D eigenvalue weighted by molar-refractivity contribution is 6.17. The van der Waals surface area contributed by atoms with Gasteiger partial charge in [-0.15, -0.1) is 0 Å². The molecule has 0 fully saturated rings. The first-order valence-electron chi connectivity index (χ1n) is 11.6. The minimum atomic E-state index is -1.10. The van der Waals surface area contributed by atoms with Crippen LogP contribution in [-0.4, -0.2) is 30.1 Å². The average Bonchev–Trinajstić information content (AvgIpc) is 2.89. The maximum Gasteiger partial charge on any atom is 0.404 e. The number of hydrogen-bond acceptors (Lipinski definition) is 6. The third kappa shape index (κ3) is 5.66. The van der Waals surface area contributed by atoms with E-state index in [2.05, 4.69) is 4.98 Å². The van der Waals surface area contributed by atoms with Crippen LogP contribution in [-0.2, 0) is 17.8 Å². The molecule has 9 heteroatoms. The number of amides is 1. The van der Waals surface area contributed by atoms with Gasteiger partial charge in [-0.3, -0.25) is 4.79 Å². The largest absolute Gasteiger partial charge is 0.488 e. The van der Waals surface area contributed by atoms with Crippen molar-refractivity contribution in [3.63, 3.8) is 0 Å². The predicted molar refractivity (Wildman–Crippen MR) is 133 cm³/mol. The summed E-state index contributed by atoms with van der Waals surface area (Å²) < 4.78 is 47.1. The van der Waals surface area contributed by atoms with E-state index in [1.807, 2.05) is 6.07 Å². The number of ether oxygens (including phenoxy) is 3. The zero-order valence-corrected chi connectivity index (χ0v) is 20.0. The lowest BCUT2D eigenvalue weighted by molar-refractivity contribution is 0.103. The van der Waals surface area contributed by atoms with Gasteiger partial charge in [0.2, 0.25) is 5.88 Å². The van der Waals surface area contributed by atoms with Gasteiger partial charge in [0, 0.05) is 35.2 Å². The summed E-state index contributed by atoms with van der Waals surface area (Å²) >= 11 is 0. The molecule has 1 aromatic heterocycles. The number of halogens is 2. The van der Waals surface area contributed by atoms with Crippen LogP contribution >= 0.6 is 0 Å². The molecule has 0 unspecified atom stereocenters. The Morgan fingerprint density at radius 2 is 1.76 bits per heavy atom. The minimum absolute atomic E-state index is 0.0349. The van der Waals surface area contributed by atoms with Crippen molar-refractivity contribution in [3.8, 4) is 11.6 Å². The number of primary amides is 1. The van der Waals surface area contributed by atoms with Gasteiger partial charge in [-0.2, -0.15) is 0 Å². The first-order valence-corrected chi connectivity index (χ1v) is 11.6. The summed E-state index contributed by atoms with van der Waals surface area (Å²) in [6.07, 6.45) is 0.234. The van der Waals surface area contributed by atoms with E-state index in [1.165, 1.54) is 12.3 Å². The molecule has 1 amide bonds. The quantitative estimate of drug-likeness (QED) is 0.291. The Bertz CT molecular complexity index is 1440.